The Balaban J connectivity index is 1.57. The number of aliphatic hydroxyl groups excluding tert-OH is 1. The SMILES string of the molecule is O=C(c1cnc2c(c1)ncn2C1CCCC1)N(CCO)Cc1ccc(F)cc1. The molecule has 2 aromatic heterocycles. The molecule has 28 heavy (non-hydrogen) atoms. The van der Waals surface area contributed by atoms with Crippen molar-refractivity contribution in [2.24, 2.45) is 0 Å². The van der Waals surface area contributed by atoms with E-state index in [4.69, 9.17) is 0 Å². The number of carbonyl (C=O) groups is 1. The molecule has 0 atom stereocenters. The van der Waals surface area contributed by atoms with Crippen LogP contribution in [-0.4, -0.2) is 43.6 Å². The van der Waals surface area contributed by atoms with Crippen molar-refractivity contribution in [1.29, 1.82) is 0 Å². The monoisotopic (exact) mass is 382 g/mol. The lowest BCUT2D eigenvalue weighted by molar-refractivity contribution is 0.0707. The summed E-state index contributed by atoms with van der Waals surface area (Å²) in [5, 5.41) is 9.37. The summed E-state index contributed by atoms with van der Waals surface area (Å²) in [6, 6.07) is 8.18. The van der Waals surface area contributed by atoms with Gasteiger partial charge in [0.15, 0.2) is 5.65 Å². The Labute approximate surface area is 162 Å². The topological polar surface area (TPSA) is 71.2 Å². The maximum absolute atomic E-state index is 13.1. The number of pyridine rings is 1. The van der Waals surface area contributed by atoms with Gasteiger partial charge in [-0.25, -0.2) is 14.4 Å². The number of nitrogens with zero attached hydrogens (tertiary/aromatic N) is 4. The molecule has 4 rings (SSSR count). The number of carbonyl (C=O) groups excluding carboxylic acids is 1. The van der Waals surface area contributed by atoms with E-state index in [9.17, 15) is 14.3 Å². The van der Waals surface area contributed by atoms with Crippen LogP contribution in [-0.2, 0) is 6.54 Å². The molecule has 0 bridgehead atoms. The number of halogens is 1. The number of fused-ring (bicyclic) bond motifs is 1. The fourth-order valence-corrected chi connectivity index (χ4v) is 3.85. The van der Waals surface area contributed by atoms with Gasteiger partial charge in [-0.3, -0.25) is 4.79 Å². The van der Waals surface area contributed by atoms with Gasteiger partial charge >= 0.3 is 0 Å². The zero-order chi connectivity index (χ0) is 19.5. The van der Waals surface area contributed by atoms with E-state index in [1.54, 1.807) is 24.4 Å². The Kier molecular flexibility index (Phi) is 5.34. The van der Waals surface area contributed by atoms with Crippen LogP contribution in [0.5, 0.6) is 0 Å². The molecule has 0 unspecified atom stereocenters. The maximum atomic E-state index is 13.1. The molecule has 146 valence electrons. The van der Waals surface area contributed by atoms with Crippen molar-refractivity contribution in [3.8, 4) is 0 Å². The third kappa shape index (κ3) is 3.75. The summed E-state index contributed by atoms with van der Waals surface area (Å²) in [6.07, 6.45) is 8.10. The number of aliphatic hydroxyl groups is 1. The van der Waals surface area contributed by atoms with Crippen LogP contribution in [0.2, 0.25) is 0 Å². The smallest absolute Gasteiger partial charge is 0.255 e. The molecule has 0 aliphatic heterocycles. The molecular formula is C21H23FN4O2. The van der Waals surface area contributed by atoms with E-state index in [1.807, 2.05) is 6.33 Å². The number of imidazole rings is 1. The highest BCUT2D eigenvalue weighted by Crippen LogP contribution is 2.31. The molecule has 0 radical (unpaired) electrons. The molecule has 1 aliphatic rings. The lowest BCUT2D eigenvalue weighted by Gasteiger charge is -2.22. The van der Waals surface area contributed by atoms with Crippen LogP contribution in [0, 0.1) is 5.82 Å². The molecular weight excluding hydrogens is 359 g/mol. The van der Waals surface area contributed by atoms with Gasteiger partial charge in [0.2, 0.25) is 0 Å². The number of rotatable bonds is 6. The van der Waals surface area contributed by atoms with Gasteiger partial charge in [-0.1, -0.05) is 25.0 Å². The quantitative estimate of drug-likeness (QED) is 0.710. The molecule has 1 saturated carbocycles. The van der Waals surface area contributed by atoms with Crippen molar-refractivity contribution in [2.45, 2.75) is 38.3 Å². The molecule has 0 spiro atoms. The average Bonchev–Trinajstić information content (AvgIpc) is 3.37. The van der Waals surface area contributed by atoms with Gasteiger partial charge in [-0.05, 0) is 36.6 Å². The second kappa shape index (κ2) is 8.06. The lowest BCUT2D eigenvalue weighted by atomic mass is 10.1. The first-order valence-electron chi connectivity index (χ1n) is 9.63. The Hall–Kier alpha value is -2.80. The zero-order valence-corrected chi connectivity index (χ0v) is 15.6. The van der Waals surface area contributed by atoms with E-state index in [0.717, 1.165) is 24.1 Å². The minimum atomic E-state index is -0.323. The van der Waals surface area contributed by atoms with Crippen molar-refractivity contribution >= 4 is 17.1 Å². The van der Waals surface area contributed by atoms with E-state index in [1.165, 1.54) is 29.9 Å². The first-order valence-corrected chi connectivity index (χ1v) is 9.63. The minimum Gasteiger partial charge on any atom is -0.395 e. The van der Waals surface area contributed by atoms with Crippen molar-refractivity contribution in [3.05, 3.63) is 59.8 Å². The van der Waals surface area contributed by atoms with Crippen LogP contribution in [0.3, 0.4) is 0 Å². The Bertz CT molecular complexity index is 964. The number of amides is 1. The van der Waals surface area contributed by atoms with Crippen molar-refractivity contribution in [1.82, 2.24) is 19.4 Å². The molecule has 1 fully saturated rings. The fraction of sp³-hybridized carbons (Fsp3) is 0.381. The molecule has 7 heteroatoms. The average molecular weight is 382 g/mol. The number of hydrogen-bond acceptors (Lipinski definition) is 4. The molecule has 0 saturated heterocycles. The fourth-order valence-electron chi connectivity index (χ4n) is 3.85. The van der Waals surface area contributed by atoms with Crippen LogP contribution >= 0.6 is 0 Å². The van der Waals surface area contributed by atoms with Crippen LogP contribution in [0.15, 0.2) is 42.9 Å². The minimum absolute atomic E-state index is 0.154. The molecule has 3 aromatic rings. The Morgan fingerprint density at radius 3 is 2.68 bits per heavy atom. The Morgan fingerprint density at radius 2 is 1.96 bits per heavy atom. The maximum Gasteiger partial charge on any atom is 0.255 e. The molecule has 6 nitrogen and oxygen atoms in total. The third-order valence-corrected chi connectivity index (χ3v) is 5.32. The predicted octanol–water partition coefficient (Wildman–Crippen LogP) is 3.32. The second-order valence-electron chi connectivity index (χ2n) is 7.23. The van der Waals surface area contributed by atoms with Crippen LogP contribution in [0.4, 0.5) is 4.39 Å². The summed E-state index contributed by atoms with van der Waals surface area (Å²) in [4.78, 5) is 23.5. The van der Waals surface area contributed by atoms with Crippen molar-refractivity contribution in [2.75, 3.05) is 13.2 Å². The highest BCUT2D eigenvalue weighted by Gasteiger charge is 2.21. The number of benzene rings is 1. The van der Waals surface area contributed by atoms with E-state index in [2.05, 4.69) is 14.5 Å². The summed E-state index contributed by atoms with van der Waals surface area (Å²) in [5.41, 5.74) is 2.72. The molecule has 1 amide bonds. The highest BCUT2D eigenvalue weighted by atomic mass is 19.1. The molecule has 1 N–H and O–H groups in total. The summed E-state index contributed by atoms with van der Waals surface area (Å²) in [5.74, 6) is -0.556. The zero-order valence-electron chi connectivity index (χ0n) is 15.6. The normalized spacial score (nSPS) is 14.6. The standard InChI is InChI=1S/C21H23FN4O2/c22-17-7-5-15(6-8-17)13-25(9-10-27)21(28)16-11-19-20(23-12-16)26(14-24-19)18-3-1-2-4-18/h5-8,11-12,14,18,27H,1-4,9-10,13H2. The van der Waals surface area contributed by atoms with Gasteiger partial charge in [-0.15, -0.1) is 0 Å². The van der Waals surface area contributed by atoms with Gasteiger partial charge in [0.1, 0.15) is 11.3 Å². The lowest BCUT2D eigenvalue weighted by Crippen LogP contribution is -2.33. The molecule has 1 aromatic carbocycles. The van der Waals surface area contributed by atoms with Crippen LogP contribution < -0.4 is 0 Å². The van der Waals surface area contributed by atoms with Gasteiger partial charge in [0, 0.05) is 25.3 Å². The van der Waals surface area contributed by atoms with Crippen molar-refractivity contribution < 1.29 is 14.3 Å². The molecule has 1 aliphatic carbocycles. The van der Waals surface area contributed by atoms with Crippen molar-refractivity contribution in [3.63, 3.8) is 0 Å². The second-order valence-corrected chi connectivity index (χ2v) is 7.23. The Morgan fingerprint density at radius 1 is 1.21 bits per heavy atom. The highest BCUT2D eigenvalue weighted by molar-refractivity contribution is 5.96. The van der Waals surface area contributed by atoms with E-state index < -0.39 is 0 Å². The van der Waals surface area contributed by atoms with Gasteiger partial charge in [0.25, 0.3) is 5.91 Å². The number of hydrogen-bond donors (Lipinski definition) is 1. The largest absolute Gasteiger partial charge is 0.395 e. The van der Waals surface area contributed by atoms with E-state index in [0.29, 0.717) is 17.1 Å². The summed E-state index contributed by atoms with van der Waals surface area (Å²) in [6.45, 7) is 0.317. The van der Waals surface area contributed by atoms with Gasteiger partial charge in [0.05, 0.1) is 18.5 Å². The third-order valence-electron chi connectivity index (χ3n) is 5.32. The van der Waals surface area contributed by atoms with Gasteiger partial charge in [-0.2, -0.15) is 0 Å². The van der Waals surface area contributed by atoms with E-state index in [-0.39, 0.29) is 31.4 Å². The summed E-state index contributed by atoms with van der Waals surface area (Å²) >= 11 is 0. The summed E-state index contributed by atoms with van der Waals surface area (Å²) < 4.78 is 15.2. The number of aromatic nitrogens is 3. The van der Waals surface area contributed by atoms with Gasteiger partial charge < -0.3 is 14.6 Å². The molecule has 2 heterocycles. The van der Waals surface area contributed by atoms with Crippen LogP contribution in [0.1, 0.15) is 47.6 Å². The van der Waals surface area contributed by atoms with E-state index >= 15 is 0 Å². The van der Waals surface area contributed by atoms with Crippen LogP contribution in [0.25, 0.3) is 11.2 Å². The first kappa shape index (κ1) is 18.6. The summed E-state index contributed by atoms with van der Waals surface area (Å²) in [7, 11) is 0. The first-order chi connectivity index (χ1) is 13.7. The predicted molar refractivity (Wildman–Crippen MR) is 103 cm³/mol.